The molecule has 0 unspecified atom stereocenters. The van der Waals surface area contributed by atoms with E-state index >= 15 is 0 Å². The van der Waals surface area contributed by atoms with Crippen molar-refractivity contribution >= 4 is 46.7 Å². The van der Waals surface area contributed by atoms with E-state index < -0.39 is 23.8 Å². The van der Waals surface area contributed by atoms with Crippen LogP contribution >= 0.6 is 23.2 Å². The van der Waals surface area contributed by atoms with Crippen molar-refractivity contribution in [3.8, 4) is 16.9 Å². The van der Waals surface area contributed by atoms with Crippen molar-refractivity contribution in [3.05, 3.63) is 124 Å². The summed E-state index contributed by atoms with van der Waals surface area (Å²) in [6.07, 6.45) is 4.79. The second-order valence-electron chi connectivity index (χ2n) is 9.17. The normalized spacial score (nSPS) is 11.5. The Morgan fingerprint density at radius 3 is 2.36 bits per heavy atom. The van der Waals surface area contributed by atoms with Gasteiger partial charge in [-0.3, -0.25) is 24.4 Å². The van der Waals surface area contributed by atoms with Crippen LogP contribution in [0.3, 0.4) is 0 Å². The quantitative estimate of drug-likeness (QED) is 0.223. The Bertz CT molecular complexity index is 1740. The van der Waals surface area contributed by atoms with Gasteiger partial charge in [-0.2, -0.15) is 5.10 Å². The molecular weight excluding hydrogens is 577 g/mol. The Hall–Kier alpha value is -5.06. The zero-order chi connectivity index (χ0) is 29.6. The fourth-order valence-electron chi connectivity index (χ4n) is 4.10. The molecule has 0 saturated carbocycles. The largest absolute Gasteiger partial charge is 0.368 e. The van der Waals surface area contributed by atoms with Crippen LogP contribution in [0.25, 0.3) is 16.9 Å². The third-order valence-electron chi connectivity index (χ3n) is 6.25. The Balaban J connectivity index is 1.34. The van der Waals surface area contributed by atoms with Crippen molar-refractivity contribution in [2.45, 2.75) is 12.5 Å². The minimum atomic E-state index is -0.918. The van der Waals surface area contributed by atoms with Gasteiger partial charge in [0.1, 0.15) is 17.6 Å². The van der Waals surface area contributed by atoms with Gasteiger partial charge in [0.2, 0.25) is 5.91 Å². The number of rotatable bonds is 9. The number of halogens is 2. The van der Waals surface area contributed by atoms with Gasteiger partial charge in [0.05, 0.1) is 27.0 Å². The lowest BCUT2D eigenvalue weighted by Gasteiger charge is -2.15. The fourth-order valence-corrected chi connectivity index (χ4v) is 4.39. The number of amides is 3. The molecule has 3 amide bonds. The maximum atomic E-state index is 13.2. The highest BCUT2D eigenvalue weighted by Gasteiger charge is 2.21. The average molecular weight is 600 g/mol. The topological polar surface area (TPSA) is 145 Å². The highest BCUT2D eigenvalue weighted by molar-refractivity contribution is 6.42. The van der Waals surface area contributed by atoms with Gasteiger partial charge >= 0.3 is 0 Å². The summed E-state index contributed by atoms with van der Waals surface area (Å²) >= 11 is 12.3. The summed E-state index contributed by atoms with van der Waals surface area (Å²) in [5.74, 6) is -1.42. The number of hydrogen-bond donors (Lipinski definition) is 3. The molecule has 0 radical (unpaired) electrons. The average Bonchev–Trinajstić information content (AvgIpc) is 3.42. The molecule has 0 fully saturated rings. The molecule has 0 bridgehead atoms. The zero-order valence-corrected chi connectivity index (χ0v) is 23.4. The SMILES string of the molecule is NC(=O)[C@H](Cc1ccccc1)NC(=O)c1ccc(C(=O)Nc2cc(-c3cccnc3)nn2-c2ccc(Cl)c(Cl)c2)nc1. The van der Waals surface area contributed by atoms with Crippen LogP contribution in [0.15, 0.2) is 97.5 Å². The fraction of sp³-hybridized carbons (Fsp3) is 0.0667. The van der Waals surface area contributed by atoms with Crippen LogP contribution in [0, 0.1) is 0 Å². The van der Waals surface area contributed by atoms with Crippen LogP contribution in [0.2, 0.25) is 10.0 Å². The molecule has 1 atom stereocenters. The molecule has 210 valence electrons. The molecule has 0 aliphatic heterocycles. The molecule has 42 heavy (non-hydrogen) atoms. The minimum Gasteiger partial charge on any atom is -0.368 e. The first kappa shape index (κ1) is 28.5. The van der Waals surface area contributed by atoms with Crippen molar-refractivity contribution in [2.75, 3.05) is 5.32 Å². The number of nitrogens with zero attached hydrogens (tertiary/aromatic N) is 4. The van der Waals surface area contributed by atoms with Crippen LogP contribution in [-0.2, 0) is 11.2 Å². The lowest BCUT2D eigenvalue weighted by molar-refractivity contribution is -0.119. The van der Waals surface area contributed by atoms with Crippen molar-refractivity contribution in [1.29, 1.82) is 0 Å². The summed E-state index contributed by atoms with van der Waals surface area (Å²) in [5, 5.41) is 10.8. The maximum absolute atomic E-state index is 13.2. The van der Waals surface area contributed by atoms with Gasteiger partial charge in [0.15, 0.2) is 0 Å². The smallest absolute Gasteiger partial charge is 0.275 e. The van der Waals surface area contributed by atoms with Gasteiger partial charge < -0.3 is 16.4 Å². The number of benzene rings is 2. The molecule has 3 aromatic heterocycles. The van der Waals surface area contributed by atoms with Gasteiger partial charge in [-0.05, 0) is 48.0 Å². The Morgan fingerprint density at radius 2 is 1.69 bits per heavy atom. The molecule has 0 aliphatic carbocycles. The lowest BCUT2D eigenvalue weighted by Crippen LogP contribution is -2.45. The maximum Gasteiger partial charge on any atom is 0.275 e. The van der Waals surface area contributed by atoms with Gasteiger partial charge in [-0.1, -0.05) is 53.5 Å². The van der Waals surface area contributed by atoms with E-state index in [1.165, 1.54) is 23.0 Å². The van der Waals surface area contributed by atoms with Crippen LogP contribution < -0.4 is 16.4 Å². The third kappa shape index (κ3) is 6.63. The lowest BCUT2D eigenvalue weighted by atomic mass is 10.1. The first-order valence-corrected chi connectivity index (χ1v) is 13.4. The van der Waals surface area contributed by atoms with E-state index in [0.29, 0.717) is 27.2 Å². The Kier molecular flexibility index (Phi) is 8.56. The number of carbonyl (C=O) groups excluding carboxylic acids is 3. The van der Waals surface area contributed by atoms with Gasteiger partial charge in [0.25, 0.3) is 11.8 Å². The summed E-state index contributed by atoms with van der Waals surface area (Å²) < 4.78 is 1.51. The molecule has 0 spiro atoms. The van der Waals surface area contributed by atoms with Crippen LogP contribution in [0.4, 0.5) is 5.82 Å². The van der Waals surface area contributed by atoms with Crippen LogP contribution in [0.5, 0.6) is 0 Å². The molecular formula is C30H23Cl2N7O3. The number of hydrogen-bond acceptors (Lipinski definition) is 6. The number of aromatic nitrogens is 4. The van der Waals surface area contributed by atoms with Gasteiger partial charge in [0, 0.05) is 36.6 Å². The predicted molar refractivity (Wildman–Crippen MR) is 160 cm³/mol. The summed E-state index contributed by atoms with van der Waals surface area (Å²) in [7, 11) is 0. The second-order valence-corrected chi connectivity index (χ2v) is 9.99. The predicted octanol–water partition coefficient (Wildman–Crippen LogP) is 4.71. The van der Waals surface area contributed by atoms with Gasteiger partial charge in [-0.25, -0.2) is 4.68 Å². The Labute approximate surface area is 250 Å². The van der Waals surface area contributed by atoms with Crippen molar-refractivity contribution < 1.29 is 14.4 Å². The number of nitrogens with one attached hydrogen (secondary N) is 2. The number of nitrogens with two attached hydrogens (primary N) is 1. The monoisotopic (exact) mass is 599 g/mol. The van der Waals surface area contributed by atoms with Crippen LogP contribution in [0.1, 0.15) is 26.4 Å². The van der Waals surface area contributed by atoms with E-state index in [1.54, 1.807) is 42.7 Å². The van der Waals surface area contributed by atoms with E-state index in [4.69, 9.17) is 28.9 Å². The zero-order valence-electron chi connectivity index (χ0n) is 21.9. The first-order valence-electron chi connectivity index (χ1n) is 12.7. The summed E-state index contributed by atoms with van der Waals surface area (Å²) in [6, 6.07) is 21.4. The molecule has 0 aliphatic rings. The van der Waals surface area contributed by atoms with E-state index in [0.717, 1.165) is 11.1 Å². The number of carbonyl (C=O) groups is 3. The van der Waals surface area contributed by atoms with Crippen molar-refractivity contribution in [1.82, 2.24) is 25.1 Å². The third-order valence-corrected chi connectivity index (χ3v) is 6.98. The van der Waals surface area contributed by atoms with Crippen LogP contribution in [-0.4, -0.2) is 43.5 Å². The molecule has 5 aromatic rings. The number of primary amides is 1. The minimum absolute atomic E-state index is 0.0482. The highest BCUT2D eigenvalue weighted by Crippen LogP contribution is 2.29. The highest BCUT2D eigenvalue weighted by atomic mass is 35.5. The standard InChI is InChI=1S/C30H23Cl2N7O3/c31-22-10-9-21(14-23(22)32)39-27(15-25(38-39)19-7-4-12-34-16-19)37-30(42)24-11-8-20(17-35-24)29(41)36-26(28(33)40)13-18-5-2-1-3-6-18/h1-12,14-17,26H,13H2,(H2,33,40)(H,36,41)(H,37,42)/t26-/m0/s1. The summed E-state index contributed by atoms with van der Waals surface area (Å²) in [5.41, 5.74) is 8.42. The number of pyridine rings is 2. The molecule has 12 heteroatoms. The number of anilines is 1. The van der Waals surface area contributed by atoms with E-state index in [-0.39, 0.29) is 17.7 Å². The van der Waals surface area contributed by atoms with Crippen molar-refractivity contribution in [2.24, 2.45) is 5.73 Å². The first-order chi connectivity index (χ1) is 20.3. The molecule has 3 heterocycles. The van der Waals surface area contributed by atoms with E-state index in [1.807, 2.05) is 36.4 Å². The summed E-state index contributed by atoms with van der Waals surface area (Å²) in [4.78, 5) is 46.2. The second kappa shape index (κ2) is 12.6. The van der Waals surface area contributed by atoms with Crippen molar-refractivity contribution in [3.63, 3.8) is 0 Å². The molecule has 4 N–H and O–H groups in total. The van der Waals surface area contributed by atoms with E-state index in [2.05, 4.69) is 25.7 Å². The molecule has 10 nitrogen and oxygen atoms in total. The molecule has 0 saturated heterocycles. The molecule has 5 rings (SSSR count). The van der Waals surface area contributed by atoms with Gasteiger partial charge in [-0.15, -0.1) is 0 Å². The summed E-state index contributed by atoms with van der Waals surface area (Å²) in [6.45, 7) is 0. The van der Waals surface area contributed by atoms with E-state index in [9.17, 15) is 14.4 Å². The Morgan fingerprint density at radius 1 is 0.881 bits per heavy atom. The molecule has 2 aromatic carbocycles.